The van der Waals surface area contributed by atoms with Crippen molar-refractivity contribution in [3.63, 3.8) is 0 Å². The number of ketones is 2. The molecule has 0 radical (unpaired) electrons. The molecule has 0 saturated carbocycles. The monoisotopic (exact) mass is 410 g/mol. The zero-order valence-electron chi connectivity index (χ0n) is 21.3. The second-order valence-electron chi connectivity index (χ2n) is 12.5. The summed E-state index contributed by atoms with van der Waals surface area (Å²) in [6, 6.07) is 0. The summed E-state index contributed by atoms with van der Waals surface area (Å²) < 4.78 is 0. The van der Waals surface area contributed by atoms with Crippen molar-refractivity contribution in [2.45, 2.75) is 83.1 Å². The Morgan fingerprint density at radius 2 is 1.17 bits per heavy atom. The van der Waals surface area contributed by atoms with Crippen molar-refractivity contribution in [1.82, 2.24) is 0 Å². The normalized spacial score (nSPS) is 16.9. The third kappa shape index (κ3) is 6.27. The van der Waals surface area contributed by atoms with Crippen LogP contribution in [-0.4, -0.2) is 11.6 Å². The topological polar surface area (TPSA) is 34.1 Å². The summed E-state index contributed by atoms with van der Waals surface area (Å²) >= 11 is 0. The number of carbonyl (C=O) groups is 2. The molecule has 0 bridgehead atoms. The number of hydrogen-bond acceptors (Lipinski definition) is 2. The summed E-state index contributed by atoms with van der Waals surface area (Å²) in [4.78, 5) is 26.4. The Morgan fingerprint density at radius 3 is 1.47 bits per heavy atom. The smallest absolute Gasteiger partial charge is 0.186 e. The van der Waals surface area contributed by atoms with E-state index in [1.54, 1.807) is 0 Å². The van der Waals surface area contributed by atoms with Crippen LogP contribution in [0.25, 0.3) is 0 Å². The maximum Gasteiger partial charge on any atom is 0.186 e. The maximum absolute atomic E-state index is 13.2. The molecule has 2 nitrogen and oxygen atoms in total. The third-order valence-corrected chi connectivity index (χ3v) is 5.40. The summed E-state index contributed by atoms with van der Waals surface area (Å²) in [7, 11) is 0. The molecule has 0 atom stereocenters. The Labute approximate surface area is 184 Å². The Morgan fingerprint density at radius 1 is 0.767 bits per heavy atom. The lowest BCUT2D eigenvalue weighted by Gasteiger charge is -2.31. The summed E-state index contributed by atoms with van der Waals surface area (Å²) in [5.41, 5.74) is 2.77. The molecule has 0 spiro atoms. The van der Waals surface area contributed by atoms with Gasteiger partial charge < -0.3 is 0 Å². The van der Waals surface area contributed by atoms with Crippen LogP contribution in [0.15, 0.2) is 58.7 Å². The molecule has 0 aromatic heterocycles. The van der Waals surface area contributed by atoms with Crippen LogP contribution < -0.4 is 0 Å². The van der Waals surface area contributed by atoms with Crippen LogP contribution >= 0.6 is 0 Å². The number of Topliss-reactive ketones (excluding diaryl/α,β-unsaturated/α-hetero) is 2. The van der Waals surface area contributed by atoms with Crippen LogP contribution in [0.4, 0.5) is 0 Å². The third-order valence-electron chi connectivity index (χ3n) is 5.40. The fourth-order valence-electron chi connectivity index (χ4n) is 3.21. The molecule has 0 N–H and O–H groups in total. The number of hydrogen-bond donors (Lipinski definition) is 0. The predicted molar refractivity (Wildman–Crippen MR) is 129 cm³/mol. The average molecular weight is 411 g/mol. The van der Waals surface area contributed by atoms with Gasteiger partial charge in [0.25, 0.3) is 0 Å². The molecule has 0 saturated heterocycles. The molecule has 0 aromatic carbocycles. The first-order chi connectivity index (χ1) is 13.2. The molecule has 0 heterocycles. The SMILES string of the molecule is C=C(C(=O)/C(=C\C=C1C=C(C(C)(C)C)C(=O)C(C(C)(C)C)=C1)C(C)(C)C)C(C)(C)C. The van der Waals surface area contributed by atoms with Crippen molar-refractivity contribution >= 4 is 11.6 Å². The van der Waals surface area contributed by atoms with Crippen LogP contribution in [0.5, 0.6) is 0 Å². The van der Waals surface area contributed by atoms with Crippen molar-refractivity contribution < 1.29 is 9.59 Å². The van der Waals surface area contributed by atoms with E-state index >= 15 is 0 Å². The van der Waals surface area contributed by atoms with E-state index in [-0.39, 0.29) is 33.2 Å². The van der Waals surface area contributed by atoms with Gasteiger partial charge in [0, 0.05) is 16.7 Å². The fraction of sp³-hybridized carbons (Fsp3) is 0.571. The second-order valence-corrected chi connectivity index (χ2v) is 12.5. The molecule has 0 fully saturated rings. The van der Waals surface area contributed by atoms with Gasteiger partial charge >= 0.3 is 0 Å². The molecular weight excluding hydrogens is 368 g/mol. The van der Waals surface area contributed by atoms with Gasteiger partial charge in [0.2, 0.25) is 0 Å². The number of allylic oxidation sites excluding steroid dienone is 9. The molecule has 1 aliphatic rings. The van der Waals surface area contributed by atoms with Gasteiger partial charge in [-0.1, -0.05) is 102 Å². The van der Waals surface area contributed by atoms with E-state index in [1.165, 1.54) is 0 Å². The molecule has 1 aliphatic carbocycles. The van der Waals surface area contributed by atoms with Gasteiger partial charge in [0.15, 0.2) is 11.6 Å². The lowest BCUT2D eigenvalue weighted by molar-refractivity contribution is -0.114. The quantitative estimate of drug-likeness (QED) is 0.449. The standard InChI is InChI=1S/C28H42O2/c1-18(25(2,3)4)23(29)20(26(5,6)7)15-14-19-16-21(27(8,9)10)24(30)22(17-19)28(11,12)13/h14-17H,1H2,2-13H3/b20-15+. The molecule has 0 unspecified atom stereocenters. The van der Waals surface area contributed by atoms with Gasteiger partial charge in [-0.25, -0.2) is 0 Å². The number of rotatable bonds is 3. The molecule has 0 amide bonds. The van der Waals surface area contributed by atoms with Gasteiger partial charge in [0.1, 0.15) is 0 Å². The highest BCUT2D eigenvalue weighted by Gasteiger charge is 2.34. The average Bonchev–Trinajstić information content (AvgIpc) is 2.50. The van der Waals surface area contributed by atoms with Crippen LogP contribution in [-0.2, 0) is 9.59 Å². The molecule has 166 valence electrons. The van der Waals surface area contributed by atoms with Crippen LogP contribution in [0, 0.1) is 21.7 Å². The molecular formula is C28H42O2. The second kappa shape index (κ2) is 8.29. The van der Waals surface area contributed by atoms with Gasteiger partial charge in [-0.05, 0) is 45.0 Å². The predicted octanol–water partition coefficient (Wildman–Crippen LogP) is 7.58. The first kappa shape index (κ1) is 26.1. The van der Waals surface area contributed by atoms with E-state index in [1.807, 2.05) is 65.8 Å². The Balaban J connectivity index is 3.65. The van der Waals surface area contributed by atoms with E-state index in [4.69, 9.17) is 0 Å². The van der Waals surface area contributed by atoms with E-state index in [0.29, 0.717) is 5.57 Å². The zero-order chi connectivity index (χ0) is 23.9. The minimum Gasteiger partial charge on any atom is -0.289 e. The lowest BCUT2D eigenvalue weighted by atomic mass is 9.71. The van der Waals surface area contributed by atoms with Gasteiger partial charge in [0.05, 0.1) is 0 Å². The summed E-state index contributed by atoms with van der Waals surface area (Å²) in [5.74, 6) is 0.114. The highest BCUT2D eigenvalue weighted by atomic mass is 16.1. The van der Waals surface area contributed by atoms with Crippen LogP contribution in [0.2, 0.25) is 0 Å². The van der Waals surface area contributed by atoms with E-state index in [0.717, 1.165) is 22.3 Å². The van der Waals surface area contributed by atoms with Crippen molar-refractivity contribution in [2.24, 2.45) is 21.7 Å². The van der Waals surface area contributed by atoms with Crippen LogP contribution in [0.3, 0.4) is 0 Å². The summed E-state index contributed by atoms with van der Waals surface area (Å²) in [6.45, 7) is 28.6. The first-order valence-corrected chi connectivity index (χ1v) is 10.8. The molecule has 2 heteroatoms. The highest BCUT2D eigenvalue weighted by molar-refractivity contribution is 6.12. The van der Waals surface area contributed by atoms with E-state index in [2.05, 4.69) is 48.1 Å². The van der Waals surface area contributed by atoms with Crippen molar-refractivity contribution in [3.8, 4) is 0 Å². The molecule has 0 aliphatic heterocycles. The maximum atomic E-state index is 13.2. The van der Waals surface area contributed by atoms with Gasteiger partial charge in [-0.15, -0.1) is 0 Å². The van der Waals surface area contributed by atoms with Gasteiger partial charge in [-0.3, -0.25) is 9.59 Å². The van der Waals surface area contributed by atoms with E-state index < -0.39 is 0 Å². The lowest BCUT2D eigenvalue weighted by Crippen LogP contribution is -2.28. The summed E-state index contributed by atoms with van der Waals surface area (Å²) in [5, 5.41) is 0. The first-order valence-electron chi connectivity index (χ1n) is 10.8. The highest BCUT2D eigenvalue weighted by Crippen LogP contribution is 2.39. The van der Waals surface area contributed by atoms with Crippen molar-refractivity contribution in [1.29, 1.82) is 0 Å². The zero-order valence-corrected chi connectivity index (χ0v) is 21.3. The van der Waals surface area contributed by atoms with Gasteiger partial charge in [-0.2, -0.15) is 0 Å². The Kier molecular flexibility index (Phi) is 7.20. The van der Waals surface area contributed by atoms with Crippen molar-refractivity contribution in [2.75, 3.05) is 0 Å². The number of carbonyl (C=O) groups excluding carboxylic acids is 2. The minimum atomic E-state index is -0.319. The Bertz CT molecular complexity index is 820. The fourth-order valence-corrected chi connectivity index (χ4v) is 3.21. The largest absolute Gasteiger partial charge is 0.289 e. The molecule has 0 aromatic rings. The van der Waals surface area contributed by atoms with Crippen LogP contribution in [0.1, 0.15) is 83.1 Å². The van der Waals surface area contributed by atoms with E-state index in [9.17, 15) is 9.59 Å². The Hall–Kier alpha value is -1.96. The molecule has 1 rings (SSSR count). The van der Waals surface area contributed by atoms with Crippen molar-refractivity contribution in [3.05, 3.63) is 58.7 Å². The summed E-state index contributed by atoms with van der Waals surface area (Å²) in [6.07, 6.45) is 7.82. The molecule has 30 heavy (non-hydrogen) atoms. The minimum absolute atomic E-state index is 0.00113.